The quantitative estimate of drug-likeness (QED) is 0.894. The lowest BCUT2D eigenvalue weighted by Gasteiger charge is -2.39. The van der Waals surface area contributed by atoms with Crippen molar-refractivity contribution in [3.05, 3.63) is 24.0 Å². The summed E-state index contributed by atoms with van der Waals surface area (Å²) in [5, 5.41) is 3.48. The van der Waals surface area contributed by atoms with E-state index in [0.717, 1.165) is 38.3 Å². The van der Waals surface area contributed by atoms with Gasteiger partial charge in [0.05, 0.1) is 17.6 Å². The predicted molar refractivity (Wildman–Crippen MR) is 85.3 cm³/mol. The lowest BCUT2D eigenvalue weighted by molar-refractivity contribution is 0.275. The molecule has 2 unspecified atom stereocenters. The van der Waals surface area contributed by atoms with Gasteiger partial charge in [0.1, 0.15) is 0 Å². The van der Waals surface area contributed by atoms with Gasteiger partial charge in [-0.2, -0.15) is 0 Å². The van der Waals surface area contributed by atoms with Gasteiger partial charge >= 0.3 is 0 Å². The summed E-state index contributed by atoms with van der Waals surface area (Å²) in [6, 6.07) is 5.26. The predicted octanol–water partition coefficient (Wildman–Crippen LogP) is 2.28. The number of aromatic nitrogens is 1. The number of anilines is 1. The van der Waals surface area contributed by atoms with Crippen LogP contribution in [0, 0.1) is 0 Å². The Labute approximate surface area is 123 Å². The zero-order valence-corrected chi connectivity index (χ0v) is 13.3. The van der Waals surface area contributed by atoms with Crippen LogP contribution in [0.15, 0.2) is 18.3 Å². The van der Waals surface area contributed by atoms with Crippen LogP contribution in [-0.4, -0.2) is 49.2 Å². The third kappa shape index (κ3) is 3.70. The zero-order valence-electron chi connectivity index (χ0n) is 13.3. The second-order valence-electron chi connectivity index (χ2n) is 5.92. The lowest BCUT2D eigenvalue weighted by atomic mass is 10.1. The molecule has 1 saturated heterocycles. The summed E-state index contributed by atoms with van der Waals surface area (Å²) in [4.78, 5) is 9.49. The summed E-state index contributed by atoms with van der Waals surface area (Å²) in [5.41, 5.74) is 2.38. The summed E-state index contributed by atoms with van der Waals surface area (Å²) in [5.74, 6) is 0. The molecule has 2 atom stereocenters. The maximum Gasteiger partial charge on any atom is 0.0572 e. The molecule has 4 heteroatoms. The van der Waals surface area contributed by atoms with Gasteiger partial charge in [-0.3, -0.25) is 4.98 Å². The molecule has 1 aliphatic heterocycles. The highest BCUT2D eigenvalue weighted by atomic mass is 15.3. The van der Waals surface area contributed by atoms with Gasteiger partial charge in [0.25, 0.3) is 0 Å². The second kappa shape index (κ2) is 7.04. The molecule has 0 aromatic carbocycles. The van der Waals surface area contributed by atoms with Gasteiger partial charge < -0.3 is 15.1 Å². The summed E-state index contributed by atoms with van der Waals surface area (Å²) < 4.78 is 0. The number of likely N-dealkylation sites (N-methyl/N-ethyl adjacent to an activating group) is 1. The van der Waals surface area contributed by atoms with Crippen LogP contribution in [0.4, 0.5) is 5.69 Å². The monoisotopic (exact) mass is 276 g/mol. The van der Waals surface area contributed by atoms with Crippen molar-refractivity contribution in [3.63, 3.8) is 0 Å². The van der Waals surface area contributed by atoms with Crippen LogP contribution in [0.5, 0.6) is 0 Å². The summed E-state index contributed by atoms with van der Waals surface area (Å²) in [6.07, 6.45) is 3.18. The molecule has 1 aromatic heterocycles. The number of pyridine rings is 1. The molecule has 0 aliphatic carbocycles. The number of piperazine rings is 1. The molecular formula is C16H28N4. The summed E-state index contributed by atoms with van der Waals surface area (Å²) in [6.45, 7) is 11.0. The average molecular weight is 276 g/mol. The first-order valence-corrected chi connectivity index (χ1v) is 7.76. The first kappa shape index (κ1) is 15.3. The van der Waals surface area contributed by atoms with Crippen molar-refractivity contribution in [2.75, 3.05) is 38.1 Å². The van der Waals surface area contributed by atoms with E-state index >= 15 is 0 Å². The van der Waals surface area contributed by atoms with Crippen molar-refractivity contribution in [2.45, 2.75) is 39.3 Å². The van der Waals surface area contributed by atoms with Crippen molar-refractivity contribution in [2.24, 2.45) is 0 Å². The minimum absolute atomic E-state index is 0.328. The Morgan fingerprint density at radius 1 is 1.40 bits per heavy atom. The van der Waals surface area contributed by atoms with Gasteiger partial charge in [0.2, 0.25) is 0 Å². The molecule has 112 valence electrons. The Bertz CT molecular complexity index is 403. The molecule has 1 N–H and O–H groups in total. The molecule has 0 spiro atoms. The van der Waals surface area contributed by atoms with Gasteiger partial charge in [-0.05, 0) is 46.0 Å². The largest absolute Gasteiger partial charge is 0.365 e. The van der Waals surface area contributed by atoms with E-state index in [1.54, 1.807) is 0 Å². The van der Waals surface area contributed by atoms with Crippen LogP contribution < -0.4 is 10.2 Å². The minimum Gasteiger partial charge on any atom is -0.365 e. The third-order valence-electron chi connectivity index (χ3n) is 4.08. The van der Waals surface area contributed by atoms with E-state index in [2.05, 4.69) is 60.1 Å². The highest BCUT2D eigenvalue weighted by Gasteiger charge is 2.21. The Morgan fingerprint density at radius 2 is 2.20 bits per heavy atom. The van der Waals surface area contributed by atoms with Crippen molar-refractivity contribution in [1.29, 1.82) is 0 Å². The Morgan fingerprint density at radius 3 is 2.80 bits per heavy atom. The first-order chi connectivity index (χ1) is 9.61. The molecule has 0 saturated carbocycles. The maximum atomic E-state index is 4.64. The van der Waals surface area contributed by atoms with E-state index in [1.165, 1.54) is 5.69 Å². The SMILES string of the molecule is CCCNC(C)c1ccc(N2CCN(C)CC2C)cn1. The summed E-state index contributed by atoms with van der Waals surface area (Å²) >= 11 is 0. The molecule has 1 aliphatic rings. The van der Waals surface area contributed by atoms with Crippen LogP contribution in [0.2, 0.25) is 0 Å². The number of nitrogens with zero attached hydrogens (tertiary/aromatic N) is 3. The fourth-order valence-electron chi connectivity index (χ4n) is 2.81. The molecule has 4 nitrogen and oxygen atoms in total. The smallest absolute Gasteiger partial charge is 0.0572 e. The van der Waals surface area contributed by atoms with E-state index in [4.69, 9.17) is 0 Å². The van der Waals surface area contributed by atoms with Crippen molar-refractivity contribution in [3.8, 4) is 0 Å². The lowest BCUT2D eigenvalue weighted by Crippen LogP contribution is -2.50. The maximum absolute atomic E-state index is 4.64. The fraction of sp³-hybridized carbons (Fsp3) is 0.688. The molecule has 20 heavy (non-hydrogen) atoms. The van der Waals surface area contributed by atoms with Gasteiger partial charge in [-0.15, -0.1) is 0 Å². The standard InChI is InChI=1S/C16H28N4/c1-5-8-17-14(3)16-7-6-15(11-18-16)20-10-9-19(4)12-13(20)2/h6-7,11,13-14,17H,5,8-10,12H2,1-4H3. The van der Waals surface area contributed by atoms with E-state index in [9.17, 15) is 0 Å². The third-order valence-corrected chi connectivity index (χ3v) is 4.08. The van der Waals surface area contributed by atoms with Crippen LogP contribution in [0.1, 0.15) is 38.9 Å². The van der Waals surface area contributed by atoms with E-state index in [0.29, 0.717) is 12.1 Å². The van der Waals surface area contributed by atoms with E-state index in [1.807, 2.05) is 6.20 Å². The number of nitrogens with one attached hydrogen (secondary N) is 1. The molecule has 2 heterocycles. The topological polar surface area (TPSA) is 31.4 Å². The van der Waals surface area contributed by atoms with Gasteiger partial charge in [-0.1, -0.05) is 6.92 Å². The highest BCUT2D eigenvalue weighted by Crippen LogP contribution is 2.21. The fourth-order valence-corrected chi connectivity index (χ4v) is 2.81. The van der Waals surface area contributed by atoms with E-state index in [-0.39, 0.29) is 0 Å². The first-order valence-electron chi connectivity index (χ1n) is 7.76. The van der Waals surface area contributed by atoms with Crippen LogP contribution in [-0.2, 0) is 0 Å². The Hall–Kier alpha value is -1.13. The molecule has 1 aromatic rings. The van der Waals surface area contributed by atoms with Gasteiger partial charge in [0.15, 0.2) is 0 Å². The molecular weight excluding hydrogens is 248 g/mol. The van der Waals surface area contributed by atoms with Crippen LogP contribution in [0.3, 0.4) is 0 Å². The second-order valence-corrected chi connectivity index (χ2v) is 5.92. The van der Waals surface area contributed by atoms with Crippen LogP contribution in [0.25, 0.3) is 0 Å². The number of hydrogen-bond donors (Lipinski definition) is 1. The molecule has 0 amide bonds. The minimum atomic E-state index is 0.328. The molecule has 0 radical (unpaired) electrons. The molecule has 2 rings (SSSR count). The van der Waals surface area contributed by atoms with Crippen molar-refractivity contribution >= 4 is 5.69 Å². The van der Waals surface area contributed by atoms with Crippen molar-refractivity contribution in [1.82, 2.24) is 15.2 Å². The van der Waals surface area contributed by atoms with E-state index < -0.39 is 0 Å². The van der Waals surface area contributed by atoms with Gasteiger partial charge in [0, 0.05) is 31.7 Å². The molecule has 1 fully saturated rings. The Balaban J connectivity index is 2.00. The van der Waals surface area contributed by atoms with Crippen molar-refractivity contribution < 1.29 is 0 Å². The van der Waals surface area contributed by atoms with Gasteiger partial charge in [-0.25, -0.2) is 0 Å². The zero-order chi connectivity index (χ0) is 14.5. The summed E-state index contributed by atoms with van der Waals surface area (Å²) in [7, 11) is 2.19. The normalized spacial score (nSPS) is 22.0. The Kier molecular flexibility index (Phi) is 5.38. The number of hydrogen-bond acceptors (Lipinski definition) is 4. The molecule has 0 bridgehead atoms. The average Bonchev–Trinajstić information content (AvgIpc) is 2.45. The number of rotatable bonds is 5. The van der Waals surface area contributed by atoms with Crippen LogP contribution >= 0.6 is 0 Å². The highest BCUT2D eigenvalue weighted by molar-refractivity contribution is 5.46.